The highest BCUT2D eigenvalue weighted by Crippen LogP contribution is 2.66. The van der Waals surface area contributed by atoms with E-state index in [1.165, 1.54) is 37.2 Å². The van der Waals surface area contributed by atoms with E-state index >= 15 is 0 Å². The van der Waals surface area contributed by atoms with Crippen LogP contribution in [0.4, 0.5) is 22.7 Å². The van der Waals surface area contributed by atoms with E-state index in [4.69, 9.17) is 34.8 Å². The topological polar surface area (TPSA) is 185 Å². The summed E-state index contributed by atoms with van der Waals surface area (Å²) in [6, 6.07) is 5.86. The van der Waals surface area contributed by atoms with Crippen LogP contribution in [0, 0.1) is 38.0 Å². The summed E-state index contributed by atoms with van der Waals surface area (Å²) in [4.78, 5) is 76.7. The third-order valence-corrected chi connectivity index (χ3v) is 11.7. The Kier molecular flexibility index (Phi) is 7.85. The van der Waals surface area contributed by atoms with Gasteiger partial charge in [-0.2, -0.15) is 0 Å². The molecule has 6 atom stereocenters. The van der Waals surface area contributed by atoms with Crippen LogP contribution < -0.4 is 9.80 Å². The molecule has 6 rings (SSSR count). The molecule has 14 nitrogen and oxygen atoms in total. The van der Waals surface area contributed by atoms with E-state index in [-0.39, 0.29) is 46.0 Å². The van der Waals surface area contributed by atoms with Crippen molar-refractivity contribution in [2.24, 2.45) is 17.8 Å². The molecular weight excluding hydrogens is 749 g/mol. The van der Waals surface area contributed by atoms with Crippen molar-refractivity contribution in [3.8, 4) is 5.75 Å². The first kappa shape index (κ1) is 33.1. The van der Waals surface area contributed by atoms with Gasteiger partial charge in [-0.05, 0) is 36.5 Å². The van der Waals surface area contributed by atoms with E-state index in [0.717, 1.165) is 17.0 Å². The van der Waals surface area contributed by atoms with E-state index in [0.29, 0.717) is 10.5 Å². The molecule has 3 fully saturated rings. The summed E-state index contributed by atoms with van der Waals surface area (Å²) in [5.74, 6) is -7.72. The van der Waals surface area contributed by atoms with Gasteiger partial charge in [-0.25, -0.2) is 4.90 Å². The minimum Gasteiger partial charge on any atom is -0.508 e. The van der Waals surface area contributed by atoms with Crippen LogP contribution in [-0.4, -0.2) is 72.8 Å². The first-order valence-electron chi connectivity index (χ1n) is 14.0. The van der Waals surface area contributed by atoms with Gasteiger partial charge < -0.3 is 10.0 Å². The van der Waals surface area contributed by atoms with Crippen molar-refractivity contribution in [3.05, 3.63) is 72.8 Å². The quantitative estimate of drug-likeness (QED) is 0.106. The number of alkyl halides is 3. The number of halogens is 4. The van der Waals surface area contributed by atoms with Crippen molar-refractivity contribution in [2.75, 3.05) is 29.3 Å². The number of phenols is 1. The number of hydrogen-bond donors (Lipinski definition) is 1. The number of nitro groups is 2. The lowest BCUT2D eigenvalue weighted by Gasteiger charge is -2.51. The molecule has 0 radical (unpaired) electrons. The number of hydrogen-bond acceptors (Lipinski definition) is 10. The lowest BCUT2D eigenvalue weighted by atomic mass is 9.56. The lowest BCUT2D eigenvalue weighted by molar-refractivity contribution is -0.392. The van der Waals surface area contributed by atoms with Gasteiger partial charge in [0.05, 0.1) is 32.8 Å². The zero-order valence-corrected chi connectivity index (χ0v) is 28.2. The maximum atomic E-state index is 14.3. The van der Waals surface area contributed by atoms with Gasteiger partial charge in [0.1, 0.15) is 5.75 Å². The van der Waals surface area contributed by atoms with Gasteiger partial charge in [0.25, 0.3) is 11.8 Å². The molecule has 2 aromatic rings. The highest BCUT2D eigenvalue weighted by molar-refractivity contribution is 9.09. The Morgan fingerprint density at radius 2 is 1.62 bits per heavy atom. The Morgan fingerprint density at radius 3 is 2.15 bits per heavy atom. The fraction of sp³-hybridized carbons (Fsp3) is 0.379. The van der Waals surface area contributed by atoms with Crippen molar-refractivity contribution >= 4 is 97.1 Å². The van der Waals surface area contributed by atoms with Crippen molar-refractivity contribution in [1.82, 2.24) is 4.90 Å². The zero-order valence-electron chi connectivity index (χ0n) is 24.4. The third kappa shape index (κ3) is 4.42. The number of nitro benzene ring substituents is 2. The van der Waals surface area contributed by atoms with Gasteiger partial charge in [0.2, 0.25) is 11.8 Å². The monoisotopic (exact) mass is 769 g/mol. The number of imide groups is 2. The third-order valence-electron chi connectivity index (χ3n) is 9.46. The number of aromatic hydroxyl groups is 1. The number of likely N-dealkylation sites (tertiary alicyclic amines) is 1. The van der Waals surface area contributed by atoms with Crippen molar-refractivity contribution in [2.45, 2.75) is 28.5 Å². The molecule has 2 heterocycles. The van der Waals surface area contributed by atoms with Crippen LogP contribution in [0.25, 0.3) is 0 Å². The highest BCUT2D eigenvalue weighted by Gasteiger charge is 2.76. The molecule has 1 N–H and O–H groups in total. The summed E-state index contributed by atoms with van der Waals surface area (Å²) in [5.41, 5.74) is -1.63. The number of benzene rings is 2. The maximum absolute atomic E-state index is 14.3. The van der Waals surface area contributed by atoms with Crippen LogP contribution in [0.2, 0.25) is 5.02 Å². The van der Waals surface area contributed by atoms with Crippen LogP contribution in [0.5, 0.6) is 5.75 Å². The minimum atomic E-state index is -2.12. The summed E-state index contributed by atoms with van der Waals surface area (Å²) in [6.45, 7) is 0. The van der Waals surface area contributed by atoms with Gasteiger partial charge in [0, 0.05) is 37.2 Å². The summed E-state index contributed by atoms with van der Waals surface area (Å²) < 4.78 is 0. The molecule has 4 amide bonds. The molecule has 18 heteroatoms. The number of amides is 4. The standard InChI is InChI=1S/C29H23BrCl3N5O9/c1-34(2)23-19(37(44)45)7-12(8-20(23)38(46)47)36-24(40)16-6-5-14-17(21(16)25(36)41)10-28(32)26(42)35(11-30)27(43)29(28,33)22(14)15-4-3-13(39)9-18(15)31/h3-5,7-9,16-17,21-22,39H,6,10-11H2,1-2H3. The van der Waals surface area contributed by atoms with Crippen LogP contribution in [0.3, 0.4) is 0 Å². The molecule has 1 saturated carbocycles. The second-order valence-electron chi connectivity index (χ2n) is 11.9. The number of phenolic OH excluding ortho intramolecular Hbond substituents is 1. The normalized spacial score (nSPS) is 29.8. The number of fused-ring (bicyclic) bond motifs is 4. The molecule has 4 aliphatic rings. The average Bonchev–Trinajstić information content (AvgIpc) is 3.34. The van der Waals surface area contributed by atoms with E-state index in [9.17, 15) is 44.5 Å². The molecule has 2 aromatic carbocycles. The molecule has 0 aromatic heterocycles. The summed E-state index contributed by atoms with van der Waals surface area (Å²) >= 11 is 24.1. The summed E-state index contributed by atoms with van der Waals surface area (Å²) in [6.07, 6.45) is 1.29. The Bertz CT molecular complexity index is 1840. The summed E-state index contributed by atoms with van der Waals surface area (Å²) in [7, 11) is 2.76. The second-order valence-corrected chi connectivity index (χ2v) is 14.1. The molecule has 6 unspecified atom stereocenters. The SMILES string of the molecule is CN(C)c1c([N+](=O)[O-])cc(N2C(=O)C3CC=C4C(CC5(Cl)C(=O)N(CBr)C(=O)C5(Cl)C4c4ccc(O)cc4Cl)C3C2=O)cc1[N+](=O)[O-]. The van der Waals surface area contributed by atoms with E-state index < -0.39 is 78.3 Å². The molecule has 0 spiro atoms. The average molecular weight is 772 g/mol. The van der Waals surface area contributed by atoms with Crippen molar-refractivity contribution in [3.63, 3.8) is 0 Å². The fourth-order valence-electron chi connectivity index (χ4n) is 7.56. The Labute approximate surface area is 289 Å². The van der Waals surface area contributed by atoms with E-state index in [1.54, 1.807) is 6.08 Å². The molecular formula is C29H23BrCl3N5O9. The summed E-state index contributed by atoms with van der Waals surface area (Å²) in [5, 5.41) is 34.1. The van der Waals surface area contributed by atoms with E-state index in [2.05, 4.69) is 15.9 Å². The second kappa shape index (κ2) is 11.1. The van der Waals surface area contributed by atoms with Crippen molar-refractivity contribution in [1.29, 1.82) is 0 Å². The molecule has 0 bridgehead atoms. The highest BCUT2D eigenvalue weighted by atomic mass is 79.9. The Hall–Kier alpha value is -3.79. The zero-order chi connectivity index (χ0) is 34.5. The van der Waals surface area contributed by atoms with E-state index in [1.807, 2.05) is 0 Å². The van der Waals surface area contributed by atoms with Gasteiger partial charge in [-0.15, -0.1) is 23.2 Å². The Balaban J connectivity index is 1.52. The fourth-order valence-corrected chi connectivity index (χ4v) is 9.26. The number of rotatable bonds is 6. The van der Waals surface area contributed by atoms with Crippen LogP contribution in [-0.2, 0) is 19.2 Å². The van der Waals surface area contributed by atoms with Crippen LogP contribution >= 0.6 is 50.7 Å². The molecule has 2 aliphatic heterocycles. The molecule has 2 aliphatic carbocycles. The first-order valence-corrected chi connectivity index (χ1v) is 16.3. The van der Waals surface area contributed by atoms with Gasteiger partial charge in [0.15, 0.2) is 15.4 Å². The minimum absolute atomic E-state index is 0.00584. The van der Waals surface area contributed by atoms with Crippen molar-refractivity contribution < 1.29 is 34.1 Å². The number of anilines is 2. The number of carbonyl (C=O) groups excluding carboxylic acids is 4. The lowest BCUT2D eigenvalue weighted by Crippen LogP contribution is -2.60. The van der Waals surface area contributed by atoms with Gasteiger partial charge in [-0.1, -0.05) is 45.2 Å². The smallest absolute Gasteiger partial charge is 0.301 e. The Morgan fingerprint density at radius 1 is 1.00 bits per heavy atom. The van der Waals surface area contributed by atoms with Gasteiger partial charge >= 0.3 is 11.4 Å². The predicted octanol–water partition coefficient (Wildman–Crippen LogP) is 4.84. The predicted molar refractivity (Wildman–Crippen MR) is 173 cm³/mol. The maximum Gasteiger partial charge on any atom is 0.301 e. The molecule has 47 heavy (non-hydrogen) atoms. The van der Waals surface area contributed by atoms with Crippen LogP contribution in [0.1, 0.15) is 24.3 Å². The molecule has 246 valence electrons. The van der Waals surface area contributed by atoms with Gasteiger partial charge in [-0.3, -0.25) is 44.3 Å². The molecule has 2 saturated heterocycles. The number of nitrogens with zero attached hydrogens (tertiary/aromatic N) is 5. The largest absolute Gasteiger partial charge is 0.508 e. The number of allylic oxidation sites excluding steroid dienone is 2. The number of carbonyl (C=O) groups is 4. The van der Waals surface area contributed by atoms with Crippen LogP contribution in [0.15, 0.2) is 42.0 Å². The first-order chi connectivity index (χ1) is 22.0.